The molecule has 2 heterocycles. The van der Waals surface area contributed by atoms with Gasteiger partial charge in [-0.2, -0.15) is 0 Å². The van der Waals surface area contributed by atoms with Gasteiger partial charge >= 0.3 is 0 Å². The SMILES string of the molecule is CC1CCN(C(=O)c2ccc(NCCO)nc2)CC1. The number of hydrogen-bond donors (Lipinski definition) is 2. The van der Waals surface area contributed by atoms with E-state index in [4.69, 9.17) is 5.11 Å². The van der Waals surface area contributed by atoms with E-state index in [2.05, 4.69) is 17.2 Å². The predicted octanol–water partition coefficient (Wildman–Crippen LogP) is 1.36. The van der Waals surface area contributed by atoms with Gasteiger partial charge in [0.25, 0.3) is 5.91 Å². The van der Waals surface area contributed by atoms with Crippen molar-refractivity contribution in [3.63, 3.8) is 0 Å². The number of nitrogens with one attached hydrogen (secondary N) is 1. The number of amides is 1. The fourth-order valence-corrected chi connectivity index (χ4v) is 2.20. The van der Waals surface area contributed by atoms with E-state index in [9.17, 15) is 4.79 Å². The molecule has 0 unspecified atom stereocenters. The number of aromatic nitrogens is 1. The van der Waals surface area contributed by atoms with Crippen molar-refractivity contribution in [2.24, 2.45) is 5.92 Å². The van der Waals surface area contributed by atoms with Gasteiger partial charge in [-0.1, -0.05) is 6.92 Å². The average Bonchev–Trinajstić information content (AvgIpc) is 2.46. The normalized spacial score (nSPS) is 16.4. The molecule has 5 nitrogen and oxygen atoms in total. The molecule has 0 radical (unpaired) electrons. The van der Waals surface area contributed by atoms with E-state index in [1.807, 2.05) is 4.90 Å². The summed E-state index contributed by atoms with van der Waals surface area (Å²) in [6.45, 7) is 4.43. The van der Waals surface area contributed by atoms with Gasteiger partial charge in [0, 0.05) is 25.8 Å². The molecule has 0 spiro atoms. The minimum absolute atomic E-state index is 0.0631. The molecular formula is C14H21N3O2. The molecule has 0 aromatic carbocycles. The molecule has 0 bridgehead atoms. The van der Waals surface area contributed by atoms with Crippen molar-refractivity contribution in [2.45, 2.75) is 19.8 Å². The summed E-state index contributed by atoms with van der Waals surface area (Å²) in [5.41, 5.74) is 0.629. The Labute approximate surface area is 113 Å². The molecule has 104 valence electrons. The molecular weight excluding hydrogens is 242 g/mol. The molecule has 5 heteroatoms. The molecule has 0 aliphatic carbocycles. The first-order valence-corrected chi connectivity index (χ1v) is 6.80. The van der Waals surface area contributed by atoms with Crippen molar-refractivity contribution in [3.8, 4) is 0 Å². The number of pyridine rings is 1. The third-order valence-corrected chi connectivity index (χ3v) is 3.50. The summed E-state index contributed by atoms with van der Waals surface area (Å²) in [7, 11) is 0. The zero-order valence-electron chi connectivity index (χ0n) is 11.3. The zero-order valence-corrected chi connectivity index (χ0v) is 11.3. The fourth-order valence-electron chi connectivity index (χ4n) is 2.20. The maximum Gasteiger partial charge on any atom is 0.255 e. The molecule has 1 aromatic rings. The van der Waals surface area contributed by atoms with Crippen LogP contribution >= 0.6 is 0 Å². The number of carbonyl (C=O) groups is 1. The van der Waals surface area contributed by atoms with Gasteiger partial charge in [-0.15, -0.1) is 0 Å². The Morgan fingerprint density at radius 1 is 1.47 bits per heavy atom. The van der Waals surface area contributed by atoms with E-state index < -0.39 is 0 Å². The molecule has 0 saturated carbocycles. The summed E-state index contributed by atoms with van der Waals surface area (Å²) in [5.74, 6) is 1.46. The van der Waals surface area contributed by atoms with E-state index in [1.165, 1.54) is 0 Å². The molecule has 1 aliphatic heterocycles. The molecule has 1 aromatic heterocycles. The van der Waals surface area contributed by atoms with Crippen LogP contribution < -0.4 is 5.32 Å². The number of aliphatic hydroxyl groups excluding tert-OH is 1. The van der Waals surface area contributed by atoms with Gasteiger partial charge in [0.2, 0.25) is 0 Å². The average molecular weight is 263 g/mol. The van der Waals surface area contributed by atoms with Crippen LogP contribution in [-0.4, -0.2) is 47.1 Å². The lowest BCUT2D eigenvalue weighted by Gasteiger charge is -2.30. The minimum atomic E-state index is 0.0631. The summed E-state index contributed by atoms with van der Waals surface area (Å²) < 4.78 is 0. The molecule has 1 amide bonds. The molecule has 19 heavy (non-hydrogen) atoms. The predicted molar refractivity (Wildman–Crippen MR) is 74.1 cm³/mol. The second-order valence-corrected chi connectivity index (χ2v) is 5.06. The Morgan fingerprint density at radius 2 is 2.21 bits per heavy atom. The van der Waals surface area contributed by atoms with Gasteiger partial charge < -0.3 is 15.3 Å². The third kappa shape index (κ3) is 3.67. The number of hydrogen-bond acceptors (Lipinski definition) is 4. The maximum absolute atomic E-state index is 12.3. The van der Waals surface area contributed by atoms with Crippen LogP contribution in [0.2, 0.25) is 0 Å². The second-order valence-electron chi connectivity index (χ2n) is 5.06. The van der Waals surface area contributed by atoms with Gasteiger partial charge in [0.15, 0.2) is 0 Å². The van der Waals surface area contributed by atoms with Crippen LogP contribution in [-0.2, 0) is 0 Å². The van der Waals surface area contributed by atoms with E-state index in [-0.39, 0.29) is 12.5 Å². The highest BCUT2D eigenvalue weighted by Crippen LogP contribution is 2.18. The fraction of sp³-hybridized carbons (Fsp3) is 0.571. The number of likely N-dealkylation sites (tertiary alicyclic amines) is 1. The monoisotopic (exact) mass is 263 g/mol. The Kier molecular flexibility index (Phi) is 4.74. The first-order valence-electron chi connectivity index (χ1n) is 6.80. The van der Waals surface area contributed by atoms with Gasteiger partial charge in [-0.25, -0.2) is 4.98 Å². The van der Waals surface area contributed by atoms with Gasteiger partial charge in [0.1, 0.15) is 5.82 Å². The second kappa shape index (κ2) is 6.52. The largest absolute Gasteiger partial charge is 0.395 e. The van der Waals surface area contributed by atoms with Crippen molar-refractivity contribution >= 4 is 11.7 Å². The van der Waals surface area contributed by atoms with E-state index in [0.29, 0.717) is 23.8 Å². The third-order valence-electron chi connectivity index (χ3n) is 3.50. The summed E-state index contributed by atoms with van der Waals surface area (Å²) in [6, 6.07) is 3.56. The lowest BCUT2D eigenvalue weighted by atomic mass is 9.99. The molecule has 2 rings (SSSR count). The van der Waals surface area contributed by atoms with Gasteiger partial charge in [-0.05, 0) is 30.9 Å². The first kappa shape index (κ1) is 13.8. The topological polar surface area (TPSA) is 65.5 Å². The first-order chi connectivity index (χ1) is 9.20. The Bertz CT molecular complexity index is 411. The van der Waals surface area contributed by atoms with Crippen LogP contribution in [0.4, 0.5) is 5.82 Å². The quantitative estimate of drug-likeness (QED) is 0.861. The molecule has 1 fully saturated rings. The molecule has 1 saturated heterocycles. The van der Waals surface area contributed by atoms with Crippen LogP contribution in [0.1, 0.15) is 30.1 Å². The van der Waals surface area contributed by atoms with E-state index in [1.54, 1.807) is 18.3 Å². The highest BCUT2D eigenvalue weighted by Gasteiger charge is 2.21. The highest BCUT2D eigenvalue weighted by atomic mass is 16.3. The maximum atomic E-state index is 12.3. The van der Waals surface area contributed by atoms with Crippen molar-refractivity contribution in [1.29, 1.82) is 0 Å². The Balaban J connectivity index is 1.95. The zero-order chi connectivity index (χ0) is 13.7. The van der Waals surface area contributed by atoms with Crippen molar-refractivity contribution < 1.29 is 9.90 Å². The minimum Gasteiger partial charge on any atom is -0.395 e. The molecule has 2 N–H and O–H groups in total. The van der Waals surface area contributed by atoms with Crippen LogP contribution in [0.25, 0.3) is 0 Å². The number of aliphatic hydroxyl groups is 1. The van der Waals surface area contributed by atoms with Crippen molar-refractivity contribution in [3.05, 3.63) is 23.9 Å². The Hall–Kier alpha value is -1.62. The van der Waals surface area contributed by atoms with Crippen LogP contribution in [0, 0.1) is 5.92 Å². The smallest absolute Gasteiger partial charge is 0.255 e. The Morgan fingerprint density at radius 3 is 2.79 bits per heavy atom. The van der Waals surface area contributed by atoms with Crippen LogP contribution in [0.15, 0.2) is 18.3 Å². The van der Waals surface area contributed by atoms with Gasteiger partial charge in [0.05, 0.1) is 12.2 Å². The van der Waals surface area contributed by atoms with Crippen LogP contribution in [0.3, 0.4) is 0 Å². The summed E-state index contributed by atoms with van der Waals surface area (Å²) in [5, 5.41) is 11.7. The number of piperidine rings is 1. The van der Waals surface area contributed by atoms with E-state index >= 15 is 0 Å². The lowest BCUT2D eigenvalue weighted by Crippen LogP contribution is -2.37. The molecule has 0 atom stereocenters. The number of nitrogens with zero attached hydrogens (tertiary/aromatic N) is 2. The van der Waals surface area contributed by atoms with E-state index in [0.717, 1.165) is 25.9 Å². The van der Waals surface area contributed by atoms with Gasteiger partial charge in [-0.3, -0.25) is 4.79 Å². The summed E-state index contributed by atoms with van der Waals surface area (Å²) in [6.07, 6.45) is 3.75. The number of rotatable bonds is 4. The number of carbonyl (C=O) groups excluding carboxylic acids is 1. The lowest BCUT2D eigenvalue weighted by molar-refractivity contribution is 0.0697. The summed E-state index contributed by atoms with van der Waals surface area (Å²) >= 11 is 0. The van der Waals surface area contributed by atoms with Crippen molar-refractivity contribution in [1.82, 2.24) is 9.88 Å². The van der Waals surface area contributed by atoms with Crippen LogP contribution in [0.5, 0.6) is 0 Å². The highest BCUT2D eigenvalue weighted by molar-refractivity contribution is 5.94. The summed E-state index contributed by atoms with van der Waals surface area (Å²) in [4.78, 5) is 18.3. The standard InChI is InChI=1S/C14H21N3O2/c1-11-4-7-17(8-5-11)14(19)12-2-3-13(16-10-12)15-6-9-18/h2-3,10-11,18H,4-9H2,1H3,(H,15,16). The number of anilines is 1. The van der Waals surface area contributed by atoms with Crippen molar-refractivity contribution in [2.75, 3.05) is 31.6 Å². The molecule has 1 aliphatic rings.